The fourth-order valence-corrected chi connectivity index (χ4v) is 2.54. The van der Waals surface area contributed by atoms with Crippen LogP contribution in [0.5, 0.6) is 0 Å². The molecule has 128 valence electrons. The highest BCUT2D eigenvalue weighted by Crippen LogP contribution is 2.28. The van der Waals surface area contributed by atoms with Gasteiger partial charge in [0.05, 0.1) is 6.54 Å². The van der Waals surface area contributed by atoms with Gasteiger partial charge in [0.1, 0.15) is 5.82 Å². The van der Waals surface area contributed by atoms with Crippen molar-refractivity contribution in [3.05, 3.63) is 35.6 Å². The van der Waals surface area contributed by atoms with E-state index in [9.17, 15) is 9.18 Å². The van der Waals surface area contributed by atoms with Crippen molar-refractivity contribution in [2.24, 2.45) is 0 Å². The van der Waals surface area contributed by atoms with Gasteiger partial charge in [-0.25, -0.2) is 9.18 Å². The third kappa shape index (κ3) is 5.20. The molecule has 2 rings (SSSR count). The van der Waals surface area contributed by atoms with Gasteiger partial charge in [0, 0.05) is 30.7 Å². The van der Waals surface area contributed by atoms with Crippen molar-refractivity contribution in [3.8, 4) is 0 Å². The van der Waals surface area contributed by atoms with Crippen LogP contribution in [0.25, 0.3) is 0 Å². The molecule has 1 N–H and O–H groups in total. The molecule has 1 aliphatic rings. The average Bonchev–Trinajstić information content (AvgIpc) is 3.37. The lowest BCUT2D eigenvalue weighted by Gasteiger charge is -2.26. The Morgan fingerprint density at radius 1 is 1.39 bits per heavy atom. The number of carbonyl (C=O) groups excluding carboxylic acids is 1. The summed E-state index contributed by atoms with van der Waals surface area (Å²) in [5, 5.41) is 2.98. The van der Waals surface area contributed by atoms with Crippen LogP contribution in [0.2, 0.25) is 0 Å². The molecular formula is C18H28FN3O. The molecule has 0 saturated heterocycles. The van der Waals surface area contributed by atoms with Crippen molar-refractivity contribution in [1.82, 2.24) is 15.1 Å². The molecule has 4 nitrogen and oxygen atoms in total. The standard InChI is InChI=1S/C18H28FN3O/c1-4-14(2)21(3)12-11-20-18(23)22(16-9-10-16)13-15-7-5-6-8-17(15)19/h5-8,14,16H,4,9-13H2,1-3H3,(H,20,23). The Kier molecular flexibility index (Phi) is 6.39. The van der Waals surface area contributed by atoms with Crippen LogP contribution in [0.4, 0.5) is 9.18 Å². The second-order valence-electron chi connectivity index (χ2n) is 6.42. The maximum Gasteiger partial charge on any atom is 0.317 e. The van der Waals surface area contributed by atoms with Gasteiger partial charge in [-0.2, -0.15) is 0 Å². The van der Waals surface area contributed by atoms with Gasteiger partial charge in [-0.1, -0.05) is 25.1 Å². The Balaban J connectivity index is 1.86. The Morgan fingerprint density at radius 3 is 2.70 bits per heavy atom. The summed E-state index contributed by atoms with van der Waals surface area (Å²) in [4.78, 5) is 16.4. The molecule has 23 heavy (non-hydrogen) atoms. The van der Waals surface area contributed by atoms with E-state index < -0.39 is 0 Å². The van der Waals surface area contributed by atoms with Crippen molar-refractivity contribution in [2.75, 3.05) is 20.1 Å². The summed E-state index contributed by atoms with van der Waals surface area (Å²) in [6, 6.07) is 7.34. The van der Waals surface area contributed by atoms with Gasteiger partial charge in [0.25, 0.3) is 0 Å². The smallest absolute Gasteiger partial charge is 0.317 e. The maximum atomic E-state index is 13.8. The number of hydrogen-bond acceptors (Lipinski definition) is 2. The molecular weight excluding hydrogens is 293 g/mol. The highest BCUT2D eigenvalue weighted by molar-refractivity contribution is 5.75. The fourth-order valence-electron chi connectivity index (χ4n) is 2.54. The van der Waals surface area contributed by atoms with Gasteiger partial charge in [0.15, 0.2) is 0 Å². The van der Waals surface area contributed by atoms with Crippen LogP contribution in [0, 0.1) is 5.82 Å². The van der Waals surface area contributed by atoms with E-state index in [0.717, 1.165) is 25.8 Å². The molecule has 5 heteroatoms. The minimum Gasteiger partial charge on any atom is -0.337 e. The van der Waals surface area contributed by atoms with Crippen molar-refractivity contribution in [3.63, 3.8) is 0 Å². The summed E-state index contributed by atoms with van der Waals surface area (Å²) < 4.78 is 13.8. The number of amides is 2. The zero-order valence-electron chi connectivity index (χ0n) is 14.4. The second-order valence-corrected chi connectivity index (χ2v) is 6.42. The molecule has 1 atom stereocenters. The first kappa shape index (κ1) is 17.7. The number of halogens is 1. The SMILES string of the molecule is CCC(C)N(C)CCNC(=O)N(Cc1ccccc1F)C1CC1. The van der Waals surface area contributed by atoms with E-state index >= 15 is 0 Å². The van der Waals surface area contributed by atoms with E-state index in [-0.39, 0.29) is 17.9 Å². The van der Waals surface area contributed by atoms with E-state index in [1.807, 2.05) is 6.07 Å². The van der Waals surface area contributed by atoms with Crippen LogP contribution in [0.3, 0.4) is 0 Å². The van der Waals surface area contributed by atoms with Crippen molar-refractivity contribution >= 4 is 6.03 Å². The third-order valence-corrected chi connectivity index (χ3v) is 4.63. The van der Waals surface area contributed by atoms with Gasteiger partial charge in [0.2, 0.25) is 0 Å². The molecule has 1 saturated carbocycles. The van der Waals surface area contributed by atoms with Crippen LogP contribution in [0.1, 0.15) is 38.7 Å². The first-order valence-electron chi connectivity index (χ1n) is 8.51. The number of nitrogens with zero attached hydrogens (tertiary/aromatic N) is 2. The van der Waals surface area contributed by atoms with Crippen molar-refractivity contribution in [1.29, 1.82) is 0 Å². The van der Waals surface area contributed by atoms with Crippen LogP contribution >= 0.6 is 0 Å². The number of nitrogens with one attached hydrogen (secondary N) is 1. The molecule has 0 spiro atoms. The lowest BCUT2D eigenvalue weighted by Crippen LogP contribution is -2.44. The number of carbonyl (C=O) groups is 1. The monoisotopic (exact) mass is 321 g/mol. The number of benzene rings is 1. The zero-order valence-corrected chi connectivity index (χ0v) is 14.4. The van der Waals surface area contributed by atoms with Gasteiger partial charge in [-0.05, 0) is 39.3 Å². The summed E-state index contributed by atoms with van der Waals surface area (Å²) in [5.41, 5.74) is 0.575. The molecule has 2 amide bonds. The Hall–Kier alpha value is -1.62. The minimum atomic E-state index is -0.248. The molecule has 0 heterocycles. The fraction of sp³-hybridized carbons (Fsp3) is 0.611. The lowest BCUT2D eigenvalue weighted by molar-refractivity contribution is 0.187. The molecule has 0 bridgehead atoms. The summed E-state index contributed by atoms with van der Waals surface area (Å²) in [6.07, 6.45) is 3.11. The molecule has 0 aliphatic heterocycles. The largest absolute Gasteiger partial charge is 0.337 e. The van der Waals surface area contributed by atoms with Gasteiger partial charge >= 0.3 is 6.03 Å². The Bertz CT molecular complexity index is 519. The molecule has 0 aromatic heterocycles. The van der Waals surface area contributed by atoms with Crippen LogP contribution in [-0.4, -0.2) is 48.1 Å². The maximum absolute atomic E-state index is 13.8. The molecule has 1 aromatic carbocycles. The van der Waals surface area contributed by atoms with E-state index in [1.54, 1.807) is 17.0 Å². The zero-order chi connectivity index (χ0) is 16.8. The van der Waals surface area contributed by atoms with Gasteiger partial charge in [-0.15, -0.1) is 0 Å². The van der Waals surface area contributed by atoms with E-state index in [4.69, 9.17) is 0 Å². The third-order valence-electron chi connectivity index (χ3n) is 4.63. The highest BCUT2D eigenvalue weighted by atomic mass is 19.1. The predicted octanol–water partition coefficient (Wildman–Crippen LogP) is 3.23. The predicted molar refractivity (Wildman–Crippen MR) is 90.7 cm³/mol. The molecule has 1 fully saturated rings. The lowest BCUT2D eigenvalue weighted by atomic mass is 10.2. The van der Waals surface area contributed by atoms with Gasteiger partial charge in [-0.3, -0.25) is 0 Å². The summed E-state index contributed by atoms with van der Waals surface area (Å²) in [6.45, 7) is 6.10. The summed E-state index contributed by atoms with van der Waals surface area (Å²) in [5.74, 6) is -0.248. The number of likely N-dealkylation sites (N-methyl/N-ethyl adjacent to an activating group) is 1. The highest BCUT2D eigenvalue weighted by Gasteiger charge is 2.32. The topological polar surface area (TPSA) is 35.6 Å². The number of hydrogen-bond donors (Lipinski definition) is 1. The molecule has 1 aliphatic carbocycles. The average molecular weight is 321 g/mol. The normalized spacial score (nSPS) is 15.5. The first-order chi connectivity index (χ1) is 11.0. The van der Waals surface area contributed by atoms with E-state index in [2.05, 4.69) is 31.1 Å². The van der Waals surface area contributed by atoms with Crippen molar-refractivity contribution < 1.29 is 9.18 Å². The Labute approximate surface area is 138 Å². The Morgan fingerprint density at radius 2 is 2.09 bits per heavy atom. The van der Waals surface area contributed by atoms with E-state index in [0.29, 0.717) is 24.7 Å². The molecule has 1 aromatic rings. The first-order valence-corrected chi connectivity index (χ1v) is 8.51. The van der Waals surface area contributed by atoms with Gasteiger partial charge < -0.3 is 15.1 Å². The quantitative estimate of drug-likeness (QED) is 0.798. The molecule has 1 unspecified atom stereocenters. The van der Waals surface area contributed by atoms with Crippen LogP contribution < -0.4 is 5.32 Å². The van der Waals surface area contributed by atoms with Crippen LogP contribution in [-0.2, 0) is 6.54 Å². The summed E-state index contributed by atoms with van der Waals surface area (Å²) >= 11 is 0. The summed E-state index contributed by atoms with van der Waals surface area (Å²) in [7, 11) is 2.07. The number of urea groups is 1. The van der Waals surface area contributed by atoms with Crippen LogP contribution in [0.15, 0.2) is 24.3 Å². The van der Waals surface area contributed by atoms with E-state index in [1.165, 1.54) is 6.07 Å². The number of rotatable bonds is 8. The minimum absolute atomic E-state index is 0.0895. The van der Waals surface area contributed by atoms with Crippen molar-refractivity contribution in [2.45, 2.75) is 51.7 Å². The second kappa shape index (κ2) is 8.29. The molecule has 0 radical (unpaired) electrons.